The van der Waals surface area contributed by atoms with Gasteiger partial charge in [0.15, 0.2) is 0 Å². The van der Waals surface area contributed by atoms with Crippen LogP contribution >= 0.6 is 0 Å². The fourth-order valence-electron chi connectivity index (χ4n) is 4.45. The lowest BCUT2D eigenvalue weighted by molar-refractivity contribution is -0.119. The molecule has 0 saturated heterocycles. The summed E-state index contributed by atoms with van der Waals surface area (Å²) in [6, 6.07) is 12.9. The van der Waals surface area contributed by atoms with Crippen LogP contribution in [0.25, 0.3) is 0 Å². The van der Waals surface area contributed by atoms with E-state index < -0.39 is 16.9 Å². The third-order valence-electron chi connectivity index (χ3n) is 6.61. The Labute approximate surface area is 190 Å². The molecule has 1 saturated carbocycles. The molecule has 33 heavy (non-hydrogen) atoms. The minimum atomic E-state index is -0.704. The lowest BCUT2D eigenvalue weighted by Gasteiger charge is -2.35. The highest BCUT2D eigenvalue weighted by molar-refractivity contribution is 6.04. The van der Waals surface area contributed by atoms with Gasteiger partial charge >= 0.3 is 5.97 Å². The highest BCUT2D eigenvalue weighted by Gasteiger charge is 2.51. The molecule has 0 spiro atoms. The zero-order valence-electron chi connectivity index (χ0n) is 18.3. The van der Waals surface area contributed by atoms with Gasteiger partial charge in [-0.25, -0.2) is 9.18 Å². The number of halogens is 1. The minimum absolute atomic E-state index is 0.229. The third kappa shape index (κ3) is 3.51. The van der Waals surface area contributed by atoms with Gasteiger partial charge in [-0.3, -0.25) is 14.8 Å². The summed E-state index contributed by atoms with van der Waals surface area (Å²) >= 11 is 0. The zero-order chi connectivity index (χ0) is 23.2. The van der Waals surface area contributed by atoms with Gasteiger partial charge in [0.25, 0.3) is 0 Å². The Hall–Kier alpha value is -3.81. The van der Waals surface area contributed by atoms with Crippen molar-refractivity contribution >= 4 is 30.0 Å². The van der Waals surface area contributed by atoms with Crippen LogP contribution in [0, 0.1) is 11.2 Å². The smallest absolute Gasteiger partial charge is 0.337 e. The van der Waals surface area contributed by atoms with Crippen LogP contribution in [-0.4, -0.2) is 37.5 Å². The van der Waals surface area contributed by atoms with Crippen molar-refractivity contribution in [1.29, 1.82) is 0 Å². The molecular formula is C25H23FN4O3. The van der Waals surface area contributed by atoms with E-state index >= 15 is 0 Å². The van der Waals surface area contributed by atoms with Gasteiger partial charge in [-0.05, 0) is 61.7 Å². The highest BCUT2D eigenvalue weighted by atomic mass is 19.1. The largest absolute Gasteiger partial charge is 0.465 e. The summed E-state index contributed by atoms with van der Waals surface area (Å²) in [4.78, 5) is 29.7. The van der Waals surface area contributed by atoms with Gasteiger partial charge in [0.2, 0.25) is 5.91 Å². The van der Waals surface area contributed by atoms with Crippen molar-refractivity contribution in [3.05, 3.63) is 77.2 Å². The number of methoxy groups -OCH3 is 1. The van der Waals surface area contributed by atoms with E-state index in [4.69, 9.17) is 4.74 Å². The molecule has 1 fully saturated rings. The Bertz CT molecular complexity index is 1220. The minimum Gasteiger partial charge on any atom is -0.465 e. The molecule has 0 aromatic heterocycles. The second kappa shape index (κ2) is 7.65. The van der Waals surface area contributed by atoms with E-state index in [0.29, 0.717) is 16.8 Å². The van der Waals surface area contributed by atoms with Crippen molar-refractivity contribution in [3.8, 4) is 0 Å². The van der Waals surface area contributed by atoms with Crippen molar-refractivity contribution < 1.29 is 18.7 Å². The summed E-state index contributed by atoms with van der Waals surface area (Å²) in [5, 5.41) is 9.44. The number of aliphatic imine (C=N–C) groups is 1. The maximum absolute atomic E-state index is 13.5. The molecule has 2 unspecified atom stereocenters. The van der Waals surface area contributed by atoms with Crippen molar-refractivity contribution in [2.24, 2.45) is 15.5 Å². The number of esters is 1. The number of anilines is 1. The number of carbonyl (C=O) groups is 2. The van der Waals surface area contributed by atoms with Crippen molar-refractivity contribution in [3.63, 3.8) is 0 Å². The number of hydrogen-bond acceptors (Lipinski definition) is 6. The normalized spacial score (nSPS) is 24.2. The molecule has 2 aromatic rings. The number of amides is 1. The van der Waals surface area contributed by atoms with E-state index in [1.165, 1.54) is 19.2 Å². The predicted molar refractivity (Wildman–Crippen MR) is 123 cm³/mol. The molecule has 3 aliphatic rings. The van der Waals surface area contributed by atoms with E-state index in [0.717, 1.165) is 18.4 Å². The third-order valence-corrected chi connectivity index (χ3v) is 6.61. The average Bonchev–Trinajstić information content (AvgIpc) is 3.52. The SMILES string of the molecule is COC(=O)c1cccc(C2(NC(=O)C3=CN=CC4N(c5ccc(F)cc5)N=CC34C)CC2)c1. The molecule has 7 nitrogen and oxygen atoms in total. The molecule has 2 heterocycles. The van der Waals surface area contributed by atoms with Crippen LogP contribution in [-0.2, 0) is 15.1 Å². The Morgan fingerprint density at radius 3 is 2.64 bits per heavy atom. The summed E-state index contributed by atoms with van der Waals surface area (Å²) in [6.07, 6.45) is 6.62. The van der Waals surface area contributed by atoms with Crippen LogP contribution in [0.3, 0.4) is 0 Å². The van der Waals surface area contributed by atoms with Gasteiger partial charge in [0, 0.05) is 24.2 Å². The van der Waals surface area contributed by atoms with Gasteiger partial charge in [-0.2, -0.15) is 5.10 Å². The van der Waals surface area contributed by atoms with Crippen molar-refractivity contribution in [2.75, 3.05) is 12.1 Å². The van der Waals surface area contributed by atoms with Crippen LogP contribution in [0.15, 0.2) is 70.4 Å². The van der Waals surface area contributed by atoms with Gasteiger partial charge in [0.1, 0.15) is 11.9 Å². The van der Waals surface area contributed by atoms with Gasteiger partial charge in [0.05, 0.1) is 29.3 Å². The molecule has 2 aromatic carbocycles. The van der Waals surface area contributed by atoms with E-state index in [-0.39, 0.29) is 17.8 Å². The van der Waals surface area contributed by atoms with Crippen LogP contribution in [0.1, 0.15) is 35.7 Å². The predicted octanol–water partition coefficient (Wildman–Crippen LogP) is 3.57. The van der Waals surface area contributed by atoms with E-state index in [2.05, 4.69) is 15.4 Å². The maximum atomic E-state index is 13.5. The quantitative estimate of drug-likeness (QED) is 0.712. The van der Waals surface area contributed by atoms with Crippen molar-refractivity contribution in [1.82, 2.24) is 5.32 Å². The maximum Gasteiger partial charge on any atom is 0.337 e. The first kappa shape index (κ1) is 21.1. The summed E-state index contributed by atoms with van der Waals surface area (Å²) in [7, 11) is 1.34. The van der Waals surface area contributed by atoms with Gasteiger partial charge < -0.3 is 10.1 Å². The number of benzene rings is 2. The molecule has 8 heteroatoms. The number of rotatable bonds is 5. The average molecular weight is 446 g/mol. The van der Waals surface area contributed by atoms with Crippen LogP contribution in [0.5, 0.6) is 0 Å². The lowest BCUT2D eigenvalue weighted by atomic mass is 9.76. The number of hydrazone groups is 1. The summed E-state index contributed by atoms with van der Waals surface area (Å²) in [5.41, 5.74) is 1.30. The standard InChI is InChI=1S/C25H23FN4O3/c1-24-15-28-30(19-8-6-18(26)7-9-19)21(24)14-27-13-20(24)22(31)29-25(10-11-25)17-5-3-4-16(12-17)23(32)33-2/h3-9,12-15,21H,10-11H2,1-2H3,(H,29,31). The molecule has 0 radical (unpaired) electrons. The molecule has 2 atom stereocenters. The van der Waals surface area contributed by atoms with Crippen LogP contribution < -0.4 is 10.3 Å². The van der Waals surface area contributed by atoms with Crippen LogP contribution in [0.4, 0.5) is 10.1 Å². The number of nitrogens with one attached hydrogen (secondary N) is 1. The Kier molecular flexibility index (Phi) is 4.88. The fraction of sp³-hybridized carbons (Fsp3) is 0.280. The monoisotopic (exact) mass is 446 g/mol. The second-order valence-corrected chi connectivity index (χ2v) is 8.74. The first-order chi connectivity index (χ1) is 15.9. The zero-order valence-corrected chi connectivity index (χ0v) is 18.3. The number of fused-ring (bicyclic) bond motifs is 1. The summed E-state index contributed by atoms with van der Waals surface area (Å²) < 4.78 is 18.2. The molecule has 168 valence electrons. The first-order valence-electron chi connectivity index (χ1n) is 10.7. The van der Waals surface area contributed by atoms with E-state index in [1.54, 1.807) is 54.0 Å². The molecular weight excluding hydrogens is 423 g/mol. The molecule has 1 amide bonds. The Morgan fingerprint density at radius 1 is 1.18 bits per heavy atom. The molecule has 1 N–H and O–H groups in total. The van der Waals surface area contributed by atoms with Gasteiger partial charge in [-0.1, -0.05) is 12.1 Å². The Balaban J connectivity index is 1.38. The first-order valence-corrected chi connectivity index (χ1v) is 10.7. The molecule has 2 aliphatic heterocycles. The summed E-state index contributed by atoms with van der Waals surface area (Å²) in [5.74, 6) is -0.970. The van der Waals surface area contributed by atoms with Crippen LogP contribution in [0.2, 0.25) is 0 Å². The lowest BCUT2D eigenvalue weighted by Crippen LogP contribution is -2.48. The number of hydrogen-bond donors (Lipinski definition) is 1. The number of nitrogens with zero attached hydrogens (tertiary/aromatic N) is 3. The Morgan fingerprint density at radius 2 is 1.94 bits per heavy atom. The highest BCUT2D eigenvalue weighted by Crippen LogP contribution is 2.47. The van der Waals surface area contributed by atoms with Crippen molar-refractivity contribution in [2.45, 2.75) is 31.3 Å². The fourth-order valence-corrected chi connectivity index (χ4v) is 4.45. The summed E-state index contributed by atoms with van der Waals surface area (Å²) in [6.45, 7) is 1.94. The molecule has 1 aliphatic carbocycles. The number of carbonyl (C=O) groups excluding carboxylic acids is 2. The topological polar surface area (TPSA) is 83.4 Å². The van der Waals surface area contributed by atoms with E-state index in [9.17, 15) is 14.0 Å². The van der Waals surface area contributed by atoms with E-state index in [1.807, 2.05) is 13.0 Å². The van der Waals surface area contributed by atoms with Gasteiger partial charge in [-0.15, -0.1) is 0 Å². The second-order valence-electron chi connectivity index (χ2n) is 8.74. The molecule has 0 bridgehead atoms. The molecule has 5 rings (SSSR count). The number of ether oxygens (including phenoxy) is 1.